The summed E-state index contributed by atoms with van der Waals surface area (Å²) in [6.07, 6.45) is 1.22. The molecule has 2 nitrogen and oxygen atoms in total. The van der Waals surface area contributed by atoms with Crippen molar-refractivity contribution in [2.24, 2.45) is 0 Å². The molecule has 0 bridgehead atoms. The largest absolute Gasteiger partial charge is 0.397 e. The van der Waals surface area contributed by atoms with Crippen molar-refractivity contribution in [3.8, 4) is 0 Å². The maximum atomic E-state index is 5.85. The number of nitrogens with one attached hydrogen (secondary N) is 1. The van der Waals surface area contributed by atoms with Crippen LogP contribution in [0.15, 0.2) is 18.2 Å². The van der Waals surface area contributed by atoms with Crippen LogP contribution >= 0.6 is 23.4 Å². The number of nitrogens with two attached hydrogens (primary N) is 1. The van der Waals surface area contributed by atoms with E-state index in [0.29, 0.717) is 11.1 Å². The fourth-order valence-electron chi connectivity index (χ4n) is 1.53. The molecule has 3 N–H and O–H groups in total. The van der Waals surface area contributed by atoms with Crippen LogP contribution in [-0.2, 0) is 0 Å². The molecule has 0 saturated carbocycles. The van der Waals surface area contributed by atoms with E-state index in [1.165, 1.54) is 17.9 Å². The smallest absolute Gasteiger partial charge is 0.0577 e. The highest BCUT2D eigenvalue weighted by Crippen LogP contribution is 2.26. The van der Waals surface area contributed by atoms with Crippen molar-refractivity contribution in [2.45, 2.75) is 12.5 Å². The van der Waals surface area contributed by atoms with Gasteiger partial charge in [0.25, 0.3) is 0 Å². The van der Waals surface area contributed by atoms with Crippen molar-refractivity contribution in [3.05, 3.63) is 23.2 Å². The van der Waals surface area contributed by atoms with Gasteiger partial charge in [-0.15, -0.1) is 0 Å². The molecule has 0 radical (unpaired) electrons. The number of nitrogen functional groups attached to an aromatic ring is 1. The number of thioether (sulfide) groups is 1. The summed E-state index contributed by atoms with van der Waals surface area (Å²) in [6, 6.07) is 6.15. The highest BCUT2D eigenvalue weighted by Gasteiger charge is 2.15. The Bertz CT molecular complexity index is 324. The third-order valence-electron chi connectivity index (χ3n) is 2.30. The summed E-state index contributed by atoms with van der Waals surface area (Å²) in [4.78, 5) is 0. The minimum atomic E-state index is 0.559. The molecule has 0 aromatic heterocycles. The first-order chi connectivity index (χ1) is 6.75. The summed E-state index contributed by atoms with van der Waals surface area (Å²) in [5.41, 5.74) is 7.58. The molecule has 14 heavy (non-hydrogen) atoms. The van der Waals surface area contributed by atoms with Gasteiger partial charge in [0.1, 0.15) is 0 Å². The van der Waals surface area contributed by atoms with E-state index in [0.717, 1.165) is 11.4 Å². The lowest BCUT2D eigenvalue weighted by Crippen LogP contribution is -2.18. The average molecular weight is 229 g/mol. The number of hydrogen-bond donors (Lipinski definition) is 2. The number of anilines is 2. The van der Waals surface area contributed by atoms with Crippen molar-refractivity contribution < 1.29 is 0 Å². The van der Waals surface area contributed by atoms with E-state index >= 15 is 0 Å². The molecule has 1 atom stereocenters. The summed E-state index contributed by atoms with van der Waals surface area (Å²) in [5.74, 6) is 2.41. The van der Waals surface area contributed by atoms with Crippen LogP contribution in [0, 0.1) is 0 Å². The zero-order valence-electron chi connectivity index (χ0n) is 7.79. The molecule has 2 rings (SSSR count). The predicted octanol–water partition coefficient (Wildman–Crippen LogP) is 2.84. The first-order valence-electron chi connectivity index (χ1n) is 4.65. The SMILES string of the molecule is Nc1cc(Cl)ccc1NC1CCSC1. The molecule has 76 valence electrons. The van der Waals surface area contributed by atoms with Crippen LogP contribution in [0.3, 0.4) is 0 Å². The van der Waals surface area contributed by atoms with E-state index in [4.69, 9.17) is 17.3 Å². The van der Waals surface area contributed by atoms with E-state index < -0.39 is 0 Å². The Kier molecular flexibility index (Phi) is 3.08. The molecule has 1 heterocycles. The standard InChI is InChI=1S/C10H13ClN2S/c11-7-1-2-10(9(12)5-7)13-8-3-4-14-6-8/h1-2,5,8,13H,3-4,6,12H2. The van der Waals surface area contributed by atoms with E-state index in [9.17, 15) is 0 Å². The monoisotopic (exact) mass is 228 g/mol. The third-order valence-corrected chi connectivity index (χ3v) is 3.70. The van der Waals surface area contributed by atoms with Gasteiger partial charge in [-0.05, 0) is 30.4 Å². The highest BCUT2D eigenvalue weighted by molar-refractivity contribution is 7.99. The lowest BCUT2D eigenvalue weighted by atomic mass is 10.2. The second-order valence-corrected chi connectivity index (χ2v) is 5.02. The van der Waals surface area contributed by atoms with E-state index in [-0.39, 0.29) is 0 Å². The summed E-state index contributed by atoms with van der Waals surface area (Å²) in [5, 5.41) is 4.12. The van der Waals surface area contributed by atoms with Crippen molar-refractivity contribution >= 4 is 34.7 Å². The molecule has 1 aromatic rings. The van der Waals surface area contributed by atoms with Gasteiger partial charge in [-0.3, -0.25) is 0 Å². The number of rotatable bonds is 2. The van der Waals surface area contributed by atoms with Crippen LogP contribution in [-0.4, -0.2) is 17.5 Å². The molecule has 1 aliphatic heterocycles. The molecule has 1 unspecified atom stereocenters. The maximum Gasteiger partial charge on any atom is 0.0577 e. The van der Waals surface area contributed by atoms with Gasteiger partial charge in [-0.2, -0.15) is 11.8 Å². The quantitative estimate of drug-likeness (QED) is 0.765. The fourth-order valence-corrected chi connectivity index (χ4v) is 2.87. The van der Waals surface area contributed by atoms with Crippen molar-refractivity contribution in [1.82, 2.24) is 0 Å². The van der Waals surface area contributed by atoms with E-state index in [1.807, 2.05) is 23.9 Å². The predicted molar refractivity (Wildman–Crippen MR) is 65.2 cm³/mol. The Labute approximate surface area is 93.2 Å². The molecule has 1 aromatic carbocycles. The van der Waals surface area contributed by atoms with Crippen LogP contribution in [0.2, 0.25) is 5.02 Å². The lowest BCUT2D eigenvalue weighted by Gasteiger charge is -2.14. The van der Waals surface area contributed by atoms with Crippen molar-refractivity contribution in [2.75, 3.05) is 22.6 Å². The molecule has 0 amide bonds. The van der Waals surface area contributed by atoms with Gasteiger partial charge in [0, 0.05) is 16.8 Å². The van der Waals surface area contributed by atoms with Crippen molar-refractivity contribution in [3.63, 3.8) is 0 Å². The van der Waals surface area contributed by atoms with Gasteiger partial charge in [0.15, 0.2) is 0 Å². The van der Waals surface area contributed by atoms with Crippen LogP contribution in [0.5, 0.6) is 0 Å². The Hall–Kier alpha value is -0.540. The van der Waals surface area contributed by atoms with Crippen LogP contribution in [0.1, 0.15) is 6.42 Å². The maximum absolute atomic E-state index is 5.85. The zero-order valence-corrected chi connectivity index (χ0v) is 9.37. The number of benzene rings is 1. The van der Waals surface area contributed by atoms with Gasteiger partial charge in [0.05, 0.1) is 11.4 Å². The average Bonchev–Trinajstić information content (AvgIpc) is 2.62. The molecule has 1 aliphatic rings. The number of halogens is 1. The molecule has 1 saturated heterocycles. The molecule has 1 fully saturated rings. The molecule has 0 spiro atoms. The minimum Gasteiger partial charge on any atom is -0.397 e. The fraction of sp³-hybridized carbons (Fsp3) is 0.400. The van der Waals surface area contributed by atoms with Gasteiger partial charge in [-0.25, -0.2) is 0 Å². The molecular formula is C10H13ClN2S. The highest BCUT2D eigenvalue weighted by atomic mass is 35.5. The van der Waals surface area contributed by atoms with E-state index in [1.54, 1.807) is 6.07 Å². The summed E-state index contributed by atoms with van der Waals surface area (Å²) < 4.78 is 0. The Morgan fingerprint density at radius 2 is 2.36 bits per heavy atom. The van der Waals surface area contributed by atoms with Gasteiger partial charge in [-0.1, -0.05) is 11.6 Å². The summed E-state index contributed by atoms with van der Waals surface area (Å²) in [7, 11) is 0. The number of hydrogen-bond acceptors (Lipinski definition) is 3. The second-order valence-electron chi connectivity index (χ2n) is 3.44. The molecular weight excluding hydrogens is 216 g/mol. The first-order valence-corrected chi connectivity index (χ1v) is 6.18. The normalized spacial score (nSPS) is 21.1. The summed E-state index contributed by atoms with van der Waals surface area (Å²) in [6.45, 7) is 0. The minimum absolute atomic E-state index is 0.559. The molecule has 0 aliphatic carbocycles. The zero-order chi connectivity index (χ0) is 9.97. The Morgan fingerprint density at radius 3 is 3.00 bits per heavy atom. The topological polar surface area (TPSA) is 38.0 Å². The lowest BCUT2D eigenvalue weighted by molar-refractivity contribution is 0.813. The first kappa shape index (κ1) is 9.99. The molecule has 4 heteroatoms. The van der Waals surface area contributed by atoms with Gasteiger partial charge < -0.3 is 11.1 Å². The van der Waals surface area contributed by atoms with Gasteiger partial charge >= 0.3 is 0 Å². The van der Waals surface area contributed by atoms with Crippen LogP contribution in [0.25, 0.3) is 0 Å². The van der Waals surface area contributed by atoms with Crippen molar-refractivity contribution in [1.29, 1.82) is 0 Å². The van der Waals surface area contributed by atoms with Crippen LogP contribution in [0.4, 0.5) is 11.4 Å². The summed E-state index contributed by atoms with van der Waals surface area (Å²) >= 11 is 7.80. The van der Waals surface area contributed by atoms with Gasteiger partial charge in [0.2, 0.25) is 0 Å². The Balaban J connectivity index is 2.08. The Morgan fingerprint density at radius 1 is 1.50 bits per heavy atom. The third kappa shape index (κ3) is 2.28. The second kappa shape index (κ2) is 4.32. The van der Waals surface area contributed by atoms with Crippen LogP contribution < -0.4 is 11.1 Å². The van der Waals surface area contributed by atoms with E-state index in [2.05, 4.69) is 5.32 Å².